The molecule has 2 aromatic rings. The number of carbonyl (C=O) groups is 2. The lowest BCUT2D eigenvalue weighted by Gasteiger charge is -2.30. The average Bonchev–Trinajstić information content (AvgIpc) is 2.75. The van der Waals surface area contributed by atoms with Gasteiger partial charge < -0.3 is 10.2 Å². The molecule has 31 heavy (non-hydrogen) atoms. The van der Waals surface area contributed by atoms with Gasteiger partial charge in [-0.3, -0.25) is 9.59 Å². The van der Waals surface area contributed by atoms with Crippen LogP contribution in [-0.2, 0) is 21.9 Å². The van der Waals surface area contributed by atoms with Crippen LogP contribution in [0.2, 0.25) is 15.1 Å². The van der Waals surface area contributed by atoms with Crippen molar-refractivity contribution < 1.29 is 9.59 Å². The summed E-state index contributed by atoms with van der Waals surface area (Å²) in [6, 6.07) is 12.3. The van der Waals surface area contributed by atoms with Crippen LogP contribution in [-0.4, -0.2) is 35.1 Å². The second-order valence-electron chi connectivity index (χ2n) is 7.10. The van der Waals surface area contributed by atoms with Gasteiger partial charge >= 0.3 is 0 Å². The van der Waals surface area contributed by atoms with Crippen LogP contribution in [0, 0.1) is 0 Å². The highest BCUT2D eigenvalue weighted by Gasteiger charge is 2.28. The Labute approximate surface area is 203 Å². The minimum Gasteiger partial charge on any atom is -0.354 e. The molecule has 0 unspecified atom stereocenters. The number of halogens is 3. The van der Waals surface area contributed by atoms with E-state index >= 15 is 0 Å². The number of amides is 2. The van der Waals surface area contributed by atoms with Crippen LogP contribution in [0.15, 0.2) is 42.5 Å². The zero-order chi connectivity index (χ0) is 22.8. The predicted molar refractivity (Wildman–Crippen MR) is 132 cm³/mol. The smallest absolute Gasteiger partial charge is 0.242 e. The molecule has 0 spiro atoms. The van der Waals surface area contributed by atoms with Gasteiger partial charge in [0.1, 0.15) is 6.04 Å². The molecule has 4 nitrogen and oxygen atoms in total. The molecule has 0 fully saturated rings. The monoisotopic (exact) mass is 500 g/mol. The van der Waals surface area contributed by atoms with Gasteiger partial charge in [-0.15, -0.1) is 11.8 Å². The molecule has 0 heterocycles. The molecule has 0 aliphatic rings. The van der Waals surface area contributed by atoms with E-state index in [1.54, 1.807) is 29.2 Å². The van der Waals surface area contributed by atoms with E-state index in [-0.39, 0.29) is 17.6 Å². The molecule has 2 amide bonds. The summed E-state index contributed by atoms with van der Waals surface area (Å²) in [4.78, 5) is 27.5. The van der Waals surface area contributed by atoms with E-state index in [9.17, 15) is 9.59 Å². The summed E-state index contributed by atoms with van der Waals surface area (Å²) in [5.74, 6) is 0.668. The van der Waals surface area contributed by atoms with Gasteiger partial charge in [0.05, 0.1) is 15.8 Å². The first kappa shape index (κ1) is 25.9. The third-order valence-corrected chi connectivity index (χ3v) is 6.66. The number of nitrogens with one attached hydrogen (secondary N) is 1. The van der Waals surface area contributed by atoms with Crippen LogP contribution < -0.4 is 5.32 Å². The summed E-state index contributed by atoms with van der Waals surface area (Å²) in [5, 5.41) is 4.55. The van der Waals surface area contributed by atoms with E-state index < -0.39 is 6.04 Å². The minimum absolute atomic E-state index is 0.0847. The van der Waals surface area contributed by atoms with E-state index in [0.29, 0.717) is 40.3 Å². The normalized spacial score (nSPS) is 11.8. The number of carbonyl (C=O) groups excluding carboxylic acids is 2. The van der Waals surface area contributed by atoms with Gasteiger partial charge in [0.2, 0.25) is 11.8 Å². The molecule has 0 aliphatic carbocycles. The zero-order valence-corrected chi connectivity index (χ0v) is 20.8. The molecule has 0 aromatic heterocycles. The number of hydrogen-bond acceptors (Lipinski definition) is 3. The molecule has 8 heteroatoms. The van der Waals surface area contributed by atoms with Crippen molar-refractivity contribution in [1.82, 2.24) is 10.2 Å². The van der Waals surface area contributed by atoms with E-state index in [1.807, 2.05) is 32.0 Å². The zero-order valence-electron chi connectivity index (χ0n) is 17.7. The van der Waals surface area contributed by atoms with Crippen LogP contribution in [0.25, 0.3) is 0 Å². The molecule has 2 rings (SSSR count). The van der Waals surface area contributed by atoms with E-state index in [4.69, 9.17) is 34.8 Å². The number of nitrogens with zero attached hydrogens (tertiary/aromatic N) is 1. The lowest BCUT2D eigenvalue weighted by Crippen LogP contribution is -2.49. The van der Waals surface area contributed by atoms with Gasteiger partial charge in [-0.1, -0.05) is 66.8 Å². The third-order valence-electron chi connectivity index (χ3n) is 4.68. The molecule has 0 bridgehead atoms. The number of hydrogen-bond donors (Lipinski definition) is 1. The molecule has 168 valence electrons. The fourth-order valence-corrected chi connectivity index (χ4v) is 4.34. The summed E-state index contributed by atoms with van der Waals surface area (Å²) < 4.78 is 0. The Balaban J connectivity index is 2.10. The third kappa shape index (κ3) is 8.23. The van der Waals surface area contributed by atoms with Gasteiger partial charge in [-0.25, -0.2) is 0 Å². The first-order valence-electron chi connectivity index (χ1n) is 10.2. The highest BCUT2D eigenvalue weighted by Crippen LogP contribution is 2.25. The summed E-state index contributed by atoms with van der Waals surface area (Å²) in [7, 11) is 0. The Hall–Kier alpha value is -1.40. The van der Waals surface area contributed by atoms with E-state index in [0.717, 1.165) is 17.5 Å². The minimum atomic E-state index is -0.527. The van der Waals surface area contributed by atoms with Crippen molar-refractivity contribution in [3.05, 3.63) is 68.7 Å². The lowest BCUT2D eigenvalue weighted by atomic mass is 10.1. The van der Waals surface area contributed by atoms with Crippen molar-refractivity contribution in [3.63, 3.8) is 0 Å². The first-order chi connectivity index (χ1) is 14.8. The fourth-order valence-electron chi connectivity index (χ4n) is 3.04. The van der Waals surface area contributed by atoms with Crippen molar-refractivity contribution in [2.45, 2.75) is 45.0 Å². The highest BCUT2D eigenvalue weighted by molar-refractivity contribution is 7.99. The molecular weight excluding hydrogens is 475 g/mol. The second kappa shape index (κ2) is 13.2. The Kier molecular flexibility index (Phi) is 11.0. The molecule has 2 aromatic carbocycles. The fraction of sp³-hybridized carbons (Fsp3) is 0.391. The number of rotatable bonds is 11. The predicted octanol–water partition coefficient (Wildman–Crippen LogP) is 6.21. The number of thioether (sulfide) groups is 1. The van der Waals surface area contributed by atoms with E-state index in [2.05, 4.69) is 5.32 Å². The lowest BCUT2D eigenvalue weighted by molar-refractivity contribution is -0.139. The summed E-state index contributed by atoms with van der Waals surface area (Å²) in [6.07, 6.45) is 1.37. The summed E-state index contributed by atoms with van der Waals surface area (Å²) >= 11 is 19.5. The quantitative estimate of drug-likeness (QED) is 0.398. The van der Waals surface area contributed by atoms with Crippen LogP contribution >= 0.6 is 46.6 Å². The van der Waals surface area contributed by atoms with E-state index in [1.165, 1.54) is 11.8 Å². The maximum absolute atomic E-state index is 13.2. The Morgan fingerprint density at radius 3 is 2.29 bits per heavy atom. The van der Waals surface area contributed by atoms with Crippen molar-refractivity contribution in [3.8, 4) is 0 Å². The standard InChI is InChI=1S/C23H27Cl3N2O2S/c1-3-11-27-23(30)21(4-2)28(13-16-5-8-18(24)9-6-16)22(29)15-31-14-17-7-10-19(25)20(26)12-17/h5-10,12,21H,3-4,11,13-15H2,1-2H3,(H,27,30)/t21-/m0/s1. The molecule has 0 saturated heterocycles. The second-order valence-corrected chi connectivity index (χ2v) is 9.34. The van der Waals surface area contributed by atoms with Gasteiger partial charge in [-0.05, 0) is 48.2 Å². The van der Waals surface area contributed by atoms with Gasteiger partial charge in [0.25, 0.3) is 0 Å². The van der Waals surface area contributed by atoms with Crippen molar-refractivity contribution in [1.29, 1.82) is 0 Å². The van der Waals surface area contributed by atoms with Crippen LogP contribution in [0.4, 0.5) is 0 Å². The molecule has 0 saturated carbocycles. The number of benzene rings is 2. The van der Waals surface area contributed by atoms with Gasteiger partial charge in [0.15, 0.2) is 0 Å². The molecule has 1 N–H and O–H groups in total. The Morgan fingerprint density at radius 2 is 1.68 bits per heavy atom. The van der Waals surface area contributed by atoms with Crippen LogP contribution in [0.1, 0.15) is 37.8 Å². The first-order valence-corrected chi connectivity index (χ1v) is 12.5. The average molecular weight is 502 g/mol. The van der Waals surface area contributed by atoms with Crippen molar-refractivity contribution >= 4 is 58.4 Å². The van der Waals surface area contributed by atoms with Crippen LogP contribution in [0.5, 0.6) is 0 Å². The summed E-state index contributed by atoms with van der Waals surface area (Å²) in [5.41, 5.74) is 1.91. The summed E-state index contributed by atoms with van der Waals surface area (Å²) in [6.45, 7) is 4.85. The Morgan fingerprint density at radius 1 is 1.00 bits per heavy atom. The molecule has 1 atom stereocenters. The maximum atomic E-state index is 13.2. The maximum Gasteiger partial charge on any atom is 0.242 e. The van der Waals surface area contributed by atoms with Gasteiger partial charge in [0, 0.05) is 23.9 Å². The Bertz CT molecular complexity index is 878. The van der Waals surface area contributed by atoms with Gasteiger partial charge in [-0.2, -0.15) is 0 Å². The highest BCUT2D eigenvalue weighted by atomic mass is 35.5. The largest absolute Gasteiger partial charge is 0.354 e. The van der Waals surface area contributed by atoms with Crippen molar-refractivity contribution in [2.75, 3.05) is 12.3 Å². The van der Waals surface area contributed by atoms with Crippen LogP contribution in [0.3, 0.4) is 0 Å². The molecular formula is C23H27Cl3N2O2S. The molecule has 0 radical (unpaired) electrons. The SMILES string of the molecule is CCCNC(=O)[C@H](CC)N(Cc1ccc(Cl)cc1)C(=O)CSCc1ccc(Cl)c(Cl)c1. The topological polar surface area (TPSA) is 49.4 Å². The molecule has 0 aliphatic heterocycles. The van der Waals surface area contributed by atoms with Crippen molar-refractivity contribution in [2.24, 2.45) is 0 Å².